The van der Waals surface area contributed by atoms with E-state index in [1.54, 1.807) is 29.7 Å². The van der Waals surface area contributed by atoms with Crippen LogP contribution in [-0.4, -0.2) is 22.1 Å². The third kappa shape index (κ3) is 2.16. The van der Waals surface area contributed by atoms with Crippen LogP contribution in [0.15, 0.2) is 23.0 Å². The van der Waals surface area contributed by atoms with Gasteiger partial charge in [0.2, 0.25) is 0 Å². The summed E-state index contributed by atoms with van der Waals surface area (Å²) >= 11 is 0. The molecule has 0 radical (unpaired) electrons. The molecule has 2 aromatic rings. The Kier molecular flexibility index (Phi) is 3.50. The van der Waals surface area contributed by atoms with E-state index in [1.165, 1.54) is 0 Å². The lowest BCUT2D eigenvalue weighted by atomic mass is 10.2. The highest BCUT2D eigenvalue weighted by Crippen LogP contribution is 2.14. The maximum Gasteiger partial charge on any atom is 0.338 e. The van der Waals surface area contributed by atoms with Gasteiger partial charge in [-0.1, -0.05) is 6.92 Å². The molecule has 1 heterocycles. The van der Waals surface area contributed by atoms with E-state index in [2.05, 4.69) is 4.98 Å². The number of nitrogens with one attached hydrogen (secondary N) is 1. The van der Waals surface area contributed by atoms with Crippen LogP contribution < -0.4 is 5.69 Å². The van der Waals surface area contributed by atoms with Crippen molar-refractivity contribution in [2.45, 2.75) is 26.8 Å². The fraction of sp³-hybridized carbons (Fsp3) is 0.385. The van der Waals surface area contributed by atoms with Gasteiger partial charge in [0.05, 0.1) is 23.2 Å². The van der Waals surface area contributed by atoms with E-state index in [9.17, 15) is 9.59 Å². The highest BCUT2D eigenvalue weighted by Gasteiger charge is 2.11. The minimum absolute atomic E-state index is 0.146. The number of esters is 1. The number of imidazole rings is 1. The van der Waals surface area contributed by atoms with Gasteiger partial charge in [-0.2, -0.15) is 0 Å². The van der Waals surface area contributed by atoms with Crippen LogP contribution in [0.4, 0.5) is 0 Å². The Hall–Kier alpha value is -2.04. The number of ether oxygens (including phenoxy) is 1. The second-order valence-corrected chi connectivity index (χ2v) is 4.03. The quantitative estimate of drug-likeness (QED) is 0.841. The summed E-state index contributed by atoms with van der Waals surface area (Å²) in [7, 11) is 0. The molecule has 1 aromatic heterocycles. The Balaban J connectivity index is 2.47. The van der Waals surface area contributed by atoms with Gasteiger partial charge in [-0.25, -0.2) is 9.59 Å². The Bertz CT molecular complexity index is 625. The number of fused-ring (bicyclic) bond motifs is 1. The van der Waals surface area contributed by atoms with Crippen LogP contribution in [0.2, 0.25) is 0 Å². The van der Waals surface area contributed by atoms with Crippen LogP contribution in [-0.2, 0) is 11.3 Å². The van der Waals surface area contributed by atoms with Crippen LogP contribution in [0.25, 0.3) is 11.0 Å². The molecule has 5 nitrogen and oxygen atoms in total. The second-order valence-electron chi connectivity index (χ2n) is 4.03. The Labute approximate surface area is 104 Å². The minimum atomic E-state index is -0.372. The molecule has 0 amide bonds. The summed E-state index contributed by atoms with van der Waals surface area (Å²) < 4.78 is 6.59. The largest absolute Gasteiger partial charge is 0.462 e. The van der Waals surface area contributed by atoms with E-state index in [0.29, 0.717) is 24.2 Å². The lowest BCUT2D eigenvalue weighted by Gasteiger charge is -2.03. The summed E-state index contributed by atoms with van der Waals surface area (Å²) in [6, 6.07) is 5.11. The first-order chi connectivity index (χ1) is 8.67. The molecule has 0 saturated carbocycles. The van der Waals surface area contributed by atoms with Crippen molar-refractivity contribution in [3.05, 3.63) is 34.2 Å². The molecule has 0 aliphatic heterocycles. The third-order valence-electron chi connectivity index (χ3n) is 2.73. The number of carbonyl (C=O) groups excluding carboxylic acids is 1. The van der Waals surface area contributed by atoms with Crippen molar-refractivity contribution in [2.24, 2.45) is 0 Å². The smallest absolute Gasteiger partial charge is 0.338 e. The molecule has 96 valence electrons. The maximum atomic E-state index is 11.7. The molecule has 0 fully saturated rings. The van der Waals surface area contributed by atoms with Gasteiger partial charge in [-0.05, 0) is 31.5 Å². The molecule has 0 spiro atoms. The number of nitrogens with zero attached hydrogens (tertiary/aromatic N) is 1. The molecule has 0 bridgehead atoms. The van der Waals surface area contributed by atoms with Crippen molar-refractivity contribution < 1.29 is 9.53 Å². The van der Waals surface area contributed by atoms with E-state index in [4.69, 9.17) is 4.74 Å². The highest BCUT2D eigenvalue weighted by molar-refractivity contribution is 5.93. The summed E-state index contributed by atoms with van der Waals surface area (Å²) in [4.78, 5) is 26.1. The van der Waals surface area contributed by atoms with Gasteiger partial charge in [-0.3, -0.25) is 4.57 Å². The van der Waals surface area contributed by atoms with Crippen molar-refractivity contribution >= 4 is 17.0 Å². The zero-order valence-electron chi connectivity index (χ0n) is 10.5. The maximum absolute atomic E-state index is 11.7. The van der Waals surface area contributed by atoms with E-state index < -0.39 is 0 Å². The van der Waals surface area contributed by atoms with Crippen molar-refractivity contribution in [3.8, 4) is 0 Å². The molecule has 5 heteroatoms. The second kappa shape index (κ2) is 5.08. The van der Waals surface area contributed by atoms with Gasteiger partial charge in [-0.15, -0.1) is 0 Å². The lowest BCUT2D eigenvalue weighted by molar-refractivity contribution is 0.0526. The zero-order chi connectivity index (χ0) is 13.1. The lowest BCUT2D eigenvalue weighted by Crippen LogP contribution is -2.16. The number of carbonyl (C=O) groups is 1. The Morgan fingerprint density at radius 2 is 2.17 bits per heavy atom. The number of rotatable bonds is 4. The topological polar surface area (TPSA) is 64.1 Å². The molecule has 0 unspecified atom stereocenters. The van der Waals surface area contributed by atoms with Crippen LogP contribution in [0.3, 0.4) is 0 Å². The van der Waals surface area contributed by atoms with Crippen LogP contribution >= 0.6 is 0 Å². The summed E-state index contributed by atoms with van der Waals surface area (Å²) in [5, 5.41) is 0. The molecule has 18 heavy (non-hydrogen) atoms. The van der Waals surface area contributed by atoms with Gasteiger partial charge in [0.15, 0.2) is 0 Å². The van der Waals surface area contributed by atoms with Crippen molar-refractivity contribution in [3.63, 3.8) is 0 Å². The summed E-state index contributed by atoms with van der Waals surface area (Å²) in [6.07, 6.45) is 0.881. The Morgan fingerprint density at radius 3 is 2.83 bits per heavy atom. The first-order valence-electron chi connectivity index (χ1n) is 6.07. The van der Waals surface area contributed by atoms with Gasteiger partial charge in [0.1, 0.15) is 0 Å². The Morgan fingerprint density at radius 1 is 1.39 bits per heavy atom. The molecule has 2 rings (SSSR count). The predicted molar refractivity (Wildman–Crippen MR) is 68.8 cm³/mol. The van der Waals surface area contributed by atoms with Crippen LogP contribution in [0.1, 0.15) is 30.6 Å². The van der Waals surface area contributed by atoms with Gasteiger partial charge >= 0.3 is 11.7 Å². The molecular weight excluding hydrogens is 232 g/mol. The molecule has 0 atom stereocenters. The molecule has 0 saturated heterocycles. The fourth-order valence-electron chi connectivity index (χ4n) is 1.95. The average Bonchev–Trinajstić information content (AvgIpc) is 2.66. The minimum Gasteiger partial charge on any atom is -0.462 e. The summed E-state index contributed by atoms with van der Waals surface area (Å²) in [5.41, 5.74) is 1.79. The van der Waals surface area contributed by atoms with Gasteiger partial charge < -0.3 is 9.72 Å². The zero-order valence-corrected chi connectivity index (χ0v) is 10.5. The van der Waals surface area contributed by atoms with E-state index in [-0.39, 0.29) is 11.7 Å². The number of benzene rings is 1. The summed E-state index contributed by atoms with van der Waals surface area (Å²) in [5.74, 6) is -0.372. The number of aromatic amines is 1. The molecular formula is C13H16N2O3. The van der Waals surface area contributed by atoms with Crippen LogP contribution in [0, 0.1) is 0 Å². The van der Waals surface area contributed by atoms with Crippen molar-refractivity contribution in [2.75, 3.05) is 6.61 Å². The SMILES string of the molecule is CCCn1c(=O)[nH]c2cc(C(=O)OCC)ccc21. The average molecular weight is 248 g/mol. The first kappa shape index (κ1) is 12.4. The third-order valence-corrected chi connectivity index (χ3v) is 2.73. The summed E-state index contributed by atoms with van der Waals surface area (Å²) in [6.45, 7) is 4.77. The fourth-order valence-corrected chi connectivity index (χ4v) is 1.95. The first-order valence-corrected chi connectivity index (χ1v) is 6.07. The normalized spacial score (nSPS) is 10.8. The van der Waals surface area contributed by atoms with Crippen LogP contribution in [0.5, 0.6) is 0 Å². The molecule has 0 aliphatic rings. The van der Waals surface area contributed by atoms with E-state index >= 15 is 0 Å². The number of aryl methyl sites for hydroxylation is 1. The monoisotopic (exact) mass is 248 g/mol. The van der Waals surface area contributed by atoms with E-state index in [1.807, 2.05) is 6.92 Å². The predicted octanol–water partition coefficient (Wildman–Crippen LogP) is 1.92. The standard InChI is InChI=1S/C13H16N2O3/c1-3-7-15-11-6-5-9(12(16)18-4-2)8-10(11)14-13(15)17/h5-6,8H,3-4,7H2,1-2H3,(H,14,17). The van der Waals surface area contributed by atoms with Gasteiger partial charge in [0.25, 0.3) is 0 Å². The van der Waals surface area contributed by atoms with E-state index in [0.717, 1.165) is 11.9 Å². The molecule has 1 aromatic carbocycles. The highest BCUT2D eigenvalue weighted by atomic mass is 16.5. The number of aromatic nitrogens is 2. The molecule has 0 aliphatic carbocycles. The van der Waals surface area contributed by atoms with Crippen molar-refractivity contribution in [1.29, 1.82) is 0 Å². The van der Waals surface area contributed by atoms with Crippen molar-refractivity contribution in [1.82, 2.24) is 9.55 Å². The number of hydrogen-bond donors (Lipinski definition) is 1. The number of hydrogen-bond acceptors (Lipinski definition) is 3. The number of H-pyrrole nitrogens is 1. The molecule has 1 N–H and O–H groups in total. The van der Waals surface area contributed by atoms with Gasteiger partial charge in [0, 0.05) is 6.54 Å².